The third-order valence-corrected chi connectivity index (χ3v) is 5.87. The Morgan fingerprint density at radius 2 is 1.82 bits per heavy atom. The number of nitrogens with one attached hydrogen (secondary N) is 2. The number of nitrogens with zero attached hydrogens (tertiary/aromatic N) is 2. The minimum absolute atomic E-state index is 0.0629. The average molecular weight is 471 g/mol. The summed E-state index contributed by atoms with van der Waals surface area (Å²) in [6.45, 7) is 0. The molecule has 7 nitrogen and oxygen atoms in total. The Kier molecular flexibility index (Phi) is 7.34. The molecule has 1 aliphatic carbocycles. The van der Waals surface area contributed by atoms with Crippen molar-refractivity contribution >= 4 is 34.8 Å². The molecule has 9 heteroatoms. The van der Waals surface area contributed by atoms with E-state index in [-0.39, 0.29) is 36.3 Å². The van der Waals surface area contributed by atoms with Gasteiger partial charge in [0.2, 0.25) is 23.5 Å². The molecule has 2 aromatic carbocycles. The molecule has 1 aromatic heterocycles. The highest BCUT2D eigenvalue weighted by atomic mass is 35.5. The fourth-order valence-corrected chi connectivity index (χ4v) is 3.94. The average Bonchev–Trinajstić information content (AvgIpc) is 3.30. The molecule has 2 N–H and O–H groups in total. The lowest BCUT2D eigenvalue weighted by Crippen LogP contribution is -2.25. The molecule has 1 saturated carbocycles. The Morgan fingerprint density at radius 1 is 1.06 bits per heavy atom. The van der Waals surface area contributed by atoms with Crippen molar-refractivity contribution in [3.05, 3.63) is 59.2 Å². The van der Waals surface area contributed by atoms with Gasteiger partial charge in [0, 0.05) is 35.0 Å². The standard InChI is InChI=1S/C24H24ClFN4O3/c25-17-8-6-15(7-9-17)23-29-22(33-30-23)13-12-21(31)27-18-10-11-19(26)20(14-18)28-24(32)16-4-2-1-3-5-16/h6-11,14,16H,1-5,12-13H2,(H,27,31)(H,28,32). The van der Waals surface area contributed by atoms with Crippen LogP contribution in [-0.2, 0) is 16.0 Å². The minimum atomic E-state index is -0.544. The van der Waals surface area contributed by atoms with Crippen molar-refractivity contribution in [3.63, 3.8) is 0 Å². The zero-order valence-electron chi connectivity index (χ0n) is 17.9. The second kappa shape index (κ2) is 10.6. The summed E-state index contributed by atoms with van der Waals surface area (Å²) in [4.78, 5) is 29.1. The van der Waals surface area contributed by atoms with Crippen molar-refractivity contribution in [2.45, 2.75) is 44.9 Å². The van der Waals surface area contributed by atoms with Crippen LogP contribution in [0.1, 0.15) is 44.4 Å². The first-order valence-corrected chi connectivity index (χ1v) is 11.3. The number of halogens is 2. The summed E-state index contributed by atoms with van der Waals surface area (Å²) in [6, 6.07) is 11.1. The Hall–Kier alpha value is -3.26. The minimum Gasteiger partial charge on any atom is -0.339 e. The van der Waals surface area contributed by atoms with E-state index in [0.717, 1.165) is 37.7 Å². The summed E-state index contributed by atoms with van der Waals surface area (Å²) in [5, 5.41) is 9.91. The number of aromatic nitrogens is 2. The Labute approximate surface area is 195 Å². The quantitative estimate of drug-likeness (QED) is 0.467. The number of benzene rings is 2. The maximum atomic E-state index is 14.2. The van der Waals surface area contributed by atoms with E-state index >= 15 is 0 Å². The summed E-state index contributed by atoms with van der Waals surface area (Å²) in [7, 11) is 0. The highest BCUT2D eigenvalue weighted by Gasteiger charge is 2.22. The molecule has 3 aromatic rings. The number of hydrogen-bond donors (Lipinski definition) is 2. The summed E-state index contributed by atoms with van der Waals surface area (Å²) in [5.41, 5.74) is 1.22. The number of carbonyl (C=O) groups excluding carboxylic acids is 2. The van der Waals surface area contributed by atoms with E-state index in [2.05, 4.69) is 20.8 Å². The molecule has 1 fully saturated rings. The fraction of sp³-hybridized carbons (Fsp3) is 0.333. The lowest BCUT2D eigenvalue weighted by molar-refractivity contribution is -0.120. The van der Waals surface area contributed by atoms with Gasteiger partial charge in [0.1, 0.15) is 5.82 Å². The van der Waals surface area contributed by atoms with E-state index in [1.807, 2.05) is 0 Å². The van der Waals surface area contributed by atoms with Crippen molar-refractivity contribution in [1.82, 2.24) is 10.1 Å². The van der Waals surface area contributed by atoms with Gasteiger partial charge in [-0.2, -0.15) is 4.98 Å². The van der Waals surface area contributed by atoms with Gasteiger partial charge >= 0.3 is 0 Å². The Morgan fingerprint density at radius 3 is 2.58 bits per heavy atom. The van der Waals surface area contributed by atoms with Crippen LogP contribution in [-0.4, -0.2) is 22.0 Å². The van der Waals surface area contributed by atoms with E-state index < -0.39 is 5.82 Å². The van der Waals surface area contributed by atoms with Crippen LogP contribution < -0.4 is 10.6 Å². The normalized spacial score (nSPS) is 14.1. The third kappa shape index (κ3) is 6.16. The molecule has 33 heavy (non-hydrogen) atoms. The van der Waals surface area contributed by atoms with Gasteiger partial charge in [0.25, 0.3) is 0 Å². The van der Waals surface area contributed by atoms with Gasteiger partial charge in [-0.25, -0.2) is 4.39 Å². The molecular formula is C24H24ClFN4O3. The van der Waals surface area contributed by atoms with E-state index in [1.165, 1.54) is 18.2 Å². The topological polar surface area (TPSA) is 97.1 Å². The van der Waals surface area contributed by atoms with Crippen LogP contribution in [0, 0.1) is 11.7 Å². The van der Waals surface area contributed by atoms with Crippen LogP contribution in [0.15, 0.2) is 47.0 Å². The highest BCUT2D eigenvalue weighted by Crippen LogP contribution is 2.27. The summed E-state index contributed by atoms with van der Waals surface area (Å²) in [5.74, 6) is -0.364. The first-order chi connectivity index (χ1) is 16.0. The van der Waals surface area contributed by atoms with E-state index in [0.29, 0.717) is 22.4 Å². The SMILES string of the molecule is O=C(CCc1nc(-c2ccc(Cl)cc2)no1)Nc1ccc(F)c(NC(=O)C2CCCCC2)c1. The smallest absolute Gasteiger partial charge is 0.227 e. The van der Waals surface area contributed by atoms with Crippen molar-refractivity contribution in [1.29, 1.82) is 0 Å². The predicted octanol–water partition coefficient (Wildman–Crippen LogP) is 5.62. The first-order valence-electron chi connectivity index (χ1n) is 11.0. The van der Waals surface area contributed by atoms with Crippen LogP contribution in [0.4, 0.5) is 15.8 Å². The van der Waals surface area contributed by atoms with Crippen LogP contribution in [0.5, 0.6) is 0 Å². The van der Waals surface area contributed by atoms with E-state index in [1.54, 1.807) is 24.3 Å². The van der Waals surface area contributed by atoms with Gasteiger partial charge in [-0.05, 0) is 55.3 Å². The number of amides is 2. The summed E-state index contributed by atoms with van der Waals surface area (Å²) >= 11 is 5.88. The maximum Gasteiger partial charge on any atom is 0.227 e. The lowest BCUT2D eigenvalue weighted by atomic mass is 9.88. The van der Waals surface area contributed by atoms with Crippen LogP contribution in [0.25, 0.3) is 11.4 Å². The van der Waals surface area contributed by atoms with Gasteiger partial charge in [-0.15, -0.1) is 0 Å². The second-order valence-electron chi connectivity index (χ2n) is 8.09. The molecule has 0 aliphatic heterocycles. The predicted molar refractivity (Wildman–Crippen MR) is 123 cm³/mol. The van der Waals surface area contributed by atoms with Gasteiger partial charge < -0.3 is 15.2 Å². The van der Waals surface area contributed by atoms with Crippen molar-refractivity contribution in [3.8, 4) is 11.4 Å². The molecule has 0 unspecified atom stereocenters. The van der Waals surface area contributed by atoms with Crippen molar-refractivity contribution < 1.29 is 18.5 Å². The molecule has 0 spiro atoms. The van der Waals surface area contributed by atoms with Gasteiger partial charge in [0.15, 0.2) is 0 Å². The zero-order chi connectivity index (χ0) is 23.2. The molecule has 172 valence electrons. The Bertz CT molecular complexity index is 1130. The molecule has 0 saturated heterocycles. The van der Waals surface area contributed by atoms with Crippen LogP contribution >= 0.6 is 11.6 Å². The molecule has 2 amide bonds. The Balaban J connectivity index is 1.31. The number of anilines is 2. The number of carbonyl (C=O) groups is 2. The van der Waals surface area contributed by atoms with Gasteiger partial charge in [-0.3, -0.25) is 9.59 Å². The van der Waals surface area contributed by atoms with Gasteiger partial charge in [0.05, 0.1) is 5.69 Å². The van der Waals surface area contributed by atoms with E-state index in [4.69, 9.17) is 16.1 Å². The second-order valence-corrected chi connectivity index (χ2v) is 8.52. The largest absolute Gasteiger partial charge is 0.339 e. The molecule has 0 atom stereocenters. The molecule has 0 radical (unpaired) electrons. The van der Waals surface area contributed by atoms with E-state index in [9.17, 15) is 14.0 Å². The molecule has 4 rings (SSSR count). The van der Waals surface area contributed by atoms with Gasteiger partial charge in [-0.1, -0.05) is 36.0 Å². The highest BCUT2D eigenvalue weighted by molar-refractivity contribution is 6.30. The number of hydrogen-bond acceptors (Lipinski definition) is 5. The molecular weight excluding hydrogens is 447 g/mol. The molecule has 1 heterocycles. The monoisotopic (exact) mass is 470 g/mol. The first kappa shape index (κ1) is 22.9. The lowest BCUT2D eigenvalue weighted by Gasteiger charge is -2.21. The number of rotatable bonds is 7. The maximum absolute atomic E-state index is 14.2. The summed E-state index contributed by atoms with van der Waals surface area (Å²) in [6.07, 6.45) is 5.14. The van der Waals surface area contributed by atoms with Crippen LogP contribution in [0.2, 0.25) is 5.02 Å². The zero-order valence-corrected chi connectivity index (χ0v) is 18.7. The molecule has 0 bridgehead atoms. The van der Waals surface area contributed by atoms with Crippen molar-refractivity contribution in [2.24, 2.45) is 5.92 Å². The third-order valence-electron chi connectivity index (χ3n) is 5.62. The molecule has 1 aliphatic rings. The summed E-state index contributed by atoms with van der Waals surface area (Å²) < 4.78 is 19.4. The number of aryl methyl sites for hydroxylation is 1. The van der Waals surface area contributed by atoms with Crippen LogP contribution in [0.3, 0.4) is 0 Å². The van der Waals surface area contributed by atoms with Crippen molar-refractivity contribution in [2.75, 3.05) is 10.6 Å². The fourth-order valence-electron chi connectivity index (χ4n) is 3.81.